The smallest absolute Gasteiger partial charge is 0.239 e. The Morgan fingerprint density at radius 1 is 1.60 bits per heavy atom. The summed E-state index contributed by atoms with van der Waals surface area (Å²) in [6, 6.07) is -0.256. The molecule has 0 aliphatic rings. The minimum Gasteiger partial charge on any atom is -0.347 e. The van der Waals surface area contributed by atoms with Gasteiger partial charge in [0.15, 0.2) is 0 Å². The summed E-state index contributed by atoms with van der Waals surface area (Å²) in [6.07, 6.45) is 1.37. The van der Waals surface area contributed by atoms with Gasteiger partial charge in [0.1, 0.15) is 12.2 Å². The molecule has 1 unspecified atom stereocenters. The Hall–Kier alpha value is -1.92. The molecule has 0 saturated carbocycles. The maximum absolute atomic E-state index is 11.3. The quantitative estimate of drug-likeness (QED) is 0.602. The highest BCUT2D eigenvalue weighted by Gasteiger charge is 2.11. The van der Waals surface area contributed by atoms with Gasteiger partial charge >= 0.3 is 0 Å². The van der Waals surface area contributed by atoms with Crippen molar-refractivity contribution in [3.05, 3.63) is 12.2 Å². The molecule has 0 aliphatic carbocycles. The molecule has 0 aromatic carbocycles. The fourth-order valence-corrected chi connectivity index (χ4v) is 0.989. The van der Waals surface area contributed by atoms with E-state index in [0.29, 0.717) is 5.82 Å². The molecule has 0 fully saturated rings. The summed E-state index contributed by atoms with van der Waals surface area (Å²) in [7, 11) is 0. The topological polar surface area (TPSA) is 99.8 Å². The number of carbonyl (C=O) groups is 2. The number of amides is 2. The van der Waals surface area contributed by atoms with Gasteiger partial charge in [-0.3, -0.25) is 14.7 Å². The third-order valence-corrected chi connectivity index (χ3v) is 1.72. The molecule has 7 heteroatoms. The predicted molar refractivity (Wildman–Crippen MR) is 51.6 cm³/mol. The molecule has 0 saturated heterocycles. The summed E-state index contributed by atoms with van der Waals surface area (Å²) in [5.74, 6) is 0.0674. The molecular weight excluding hydrogens is 198 g/mol. The summed E-state index contributed by atoms with van der Waals surface area (Å²) in [5.41, 5.74) is 0. The fourth-order valence-electron chi connectivity index (χ4n) is 0.989. The number of aromatic amines is 1. The highest BCUT2D eigenvalue weighted by Crippen LogP contribution is 2.02. The zero-order chi connectivity index (χ0) is 11.3. The van der Waals surface area contributed by atoms with Gasteiger partial charge in [-0.1, -0.05) is 0 Å². The first kappa shape index (κ1) is 11.2. The lowest BCUT2D eigenvalue weighted by molar-refractivity contribution is -0.125. The van der Waals surface area contributed by atoms with Crippen LogP contribution >= 0.6 is 0 Å². The SMILES string of the molecule is CC(=O)NCC(=O)NC(C)c1ncn[nH]1. The summed E-state index contributed by atoms with van der Waals surface area (Å²) in [4.78, 5) is 25.7. The molecule has 7 nitrogen and oxygen atoms in total. The van der Waals surface area contributed by atoms with E-state index in [1.807, 2.05) is 0 Å². The Labute approximate surface area is 86.7 Å². The first-order valence-electron chi connectivity index (χ1n) is 4.48. The molecule has 1 heterocycles. The van der Waals surface area contributed by atoms with E-state index in [1.54, 1.807) is 6.92 Å². The van der Waals surface area contributed by atoms with Crippen molar-refractivity contribution >= 4 is 11.8 Å². The van der Waals surface area contributed by atoms with Gasteiger partial charge in [0.05, 0.1) is 12.6 Å². The molecule has 3 N–H and O–H groups in total. The van der Waals surface area contributed by atoms with Gasteiger partial charge in [0.2, 0.25) is 11.8 Å². The number of hydrogen-bond acceptors (Lipinski definition) is 4. The molecule has 15 heavy (non-hydrogen) atoms. The minimum atomic E-state index is -0.269. The van der Waals surface area contributed by atoms with Crippen molar-refractivity contribution in [2.45, 2.75) is 19.9 Å². The molecule has 0 bridgehead atoms. The van der Waals surface area contributed by atoms with Crippen LogP contribution in [0.25, 0.3) is 0 Å². The van der Waals surface area contributed by atoms with E-state index in [-0.39, 0.29) is 24.4 Å². The molecule has 2 amide bonds. The third kappa shape index (κ3) is 3.75. The molecule has 0 spiro atoms. The van der Waals surface area contributed by atoms with Crippen molar-refractivity contribution in [1.29, 1.82) is 0 Å². The highest BCUT2D eigenvalue weighted by atomic mass is 16.2. The van der Waals surface area contributed by atoms with E-state index in [2.05, 4.69) is 25.8 Å². The van der Waals surface area contributed by atoms with Gasteiger partial charge < -0.3 is 10.6 Å². The molecule has 82 valence electrons. The van der Waals surface area contributed by atoms with Crippen LogP contribution in [0.2, 0.25) is 0 Å². The standard InChI is InChI=1S/C8H13N5O2/c1-5(8-10-4-11-13-8)12-7(15)3-9-6(2)14/h4-5H,3H2,1-2H3,(H,9,14)(H,12,15)(H,10,11,13). The van der Waals surface area contributed by atoms with E-state index in [9.17, 15) is 9.59 Å². The summed E-state index contributed by atoms with van der Waals surface area (Å²) >= 11 is 0. The Bertz CT molecular complexity index is 335. The molecule has 0 aliphatic heterocycles. The average Bonchev–Trinajstić information content (AvgIpc) is 2.67. The average molecular weight is 211 g/mol. The van der Waals surface area contributed by atoms with Crippen LogP contribution in [0.1, 0.15) is 25.7 Å². The summed E-state index contributed by atoms with van der Waals surface area (Å²) in [6.45, 7) is 3.09. The Morgan fingerprint density at radius 2 is 2.33 bits per heavy atom. The van der Waals surface area contributed by atoms with Crippen LogP contribution in [0.15, 0.2) is 6.33 Å². The van der Waals surface area contributed by atoms with Crippen LogP contribution in [0, 0.1) is 0 Å². The second kappa shape index (κ2) is 5.08. The van der Waals surface area contributed by atoms with E-state index in [4.69, 9.17) is 0 Å². The van der Waals surface area contributed by atoms with E-state index >= 15 is 0 Å². The van der Waals surface area contributed by atoms with Crippen molar-refractivity contribution < 1.29 is 9.59 Å². The Kier molecular flexibility index (Phi) is 3.78. The molecule has 1 atom stereocenters. The van der Waals surface area contributed by atoms with E-state index in [1.165, 1.54) is 13.3 Å². The highest BCUT2D eigenvalue weighted by molar-refractivity contribution is 5.83. The fraction of sp³-hybridized carbons (Fsp3) is 0.500. The minimum absolute atomic E-state index is 0.0339. The summed E-state index contributed by atoms with van der Waals surface area (Å²) < 4.78 is 0. The summed E-state index contributed by atoms with van der Waals surface area (Å²) in [5, 5.41) is 11.4. The predicted octanol–water partition coefficient (Wildman–Crippen LogP) is -0.882. The van der Waals surface area contributed by atoms with Gasteiger partial charge in [-0.15, -0.1) is 0 Å². The van der Waals surface area contributed by atoms with Gasteiger partial charge in [-0.05, 0) is 6.92 Å². The number of hydrogen-bond donors (Lipinski definition) is 3. The maximum atomic E-state index is 11.3. The molecule has 1 rings (SSSR count). The van der Waals surface area contributed by atoms with Crippen molar-refractivity contribution in [1.82, 2.24) is 25.8 Å². The van der Waals surface area contributed by atoms with Gasteiger partial charge in [0, 0.05) is 6.92 Å². The number of aromatic nitrogens is 3. The monoisotopic (exact) mass is 211 g/mol. The van der Waals surface area contributed by atoms with E-state index in [0.717, 1.165) is 0 Å². The van der Waals surface area contributed by atoms with Crippen LogP contribution in [-0.2, 0) is 9.59 Å². The normalized spacial score (nSPS) is 11.9. The Morgan fingerprint density at radius 3 is 2.87 bits per heavy atom. The van der Waals surface area contributed by atoms with Crippen molar-refractivity contribution in [3.8, 4) is 0 Å². The number of nitrogens with one attached hydrogen (secondary N) is 3. The van der Waals surface area contributed by atoms with Crippen LogP contribution < -0.4 is 10.6 Å². The third-order valence-electron chi connectivity index (χ3n) is 1.72. The second-order valence-corrected chi connectivity index (χ2v) is 3.07. The Balaban J connectivity index is 2.35. The lowest BCUT2D eigenvalue weighted by Crippen LogP contribution is -2.37. The zero-order valence-electron chi connectivity index (χ0n) is 8.57. The van der Waals surface area contributed by atoms with Crippen LogP contribution in [0.4, 0.5) is 0 Å². The lowest BCUT2D eigenvalue weighted by Gasteiger charge is -2.10. The van der Waals surface area contributed by atoms with Crippen LogP contribution in [-0.4, -0.2) is 33.5 Å². The van der Waals surface area contributed by atoms with Crippen LogP contribution in [0.3, 0.4) is 0 Å². The largest absolute Gasteiger partial charge is 0.347 e. The van der Waals surface area contributed by atoms with Gasteiger partial charge in [0.25, 0.3) is 0 Å². The molecule has 0 radical (unpaired) electrons. The number of rotatable bonds is 4. The maximum Gasteiger partial charge on any atom is 0.239 e. The molecule has 1 aromatic heterocycles. The first-order valence-corrected chi connectivity index (χ1v) is 4.48. The van der Waals surface area contributed by atoms with Crippen LogP contribution in [0.5, 0.6) is 0 Å². The molecule has 1 aromatic rings. The number of H-pyrrole nitrogens is 1. The number of nitrogens with zero attached hydrogens (tertiary/aromatic N) is 2. The lowest BCUT2D eigenvalue weighted by atomic mass is 10.3. The van der Waals surface area contributed by atoms with Gasteiger partial charge in [-0.25, -0.2) is 4.98 Å². The van der Waals surface area contributed by atoms with Gasteiger partial charge in [-0.2, -0.15) is 5.10 Å². The number of carbonyl (C=O) groups excluding carboxylic acids is 2. The van der Waals surface area contributed by atoms with E-state index < -0.39 is 0 Å². The second-order valence-electron chi connectivity index (χ2n) is 3.07. The molecular formula is C8H13N5O2. The van der Waals surface area contributed by atoms with Crippen molar-refractivity contribution in [3.63, 3.8) is 0 Å². The zero-order valence-corrected chi connectivity index (χ0v) is 8.57. The first-order chi connectivity index (χ1) is 7.09. The van der Waals surface area contributed by atoms with Crippen molar-refractivity contribution in [2.24, 2.45) is 0 Å². The van der Waals surface area contributed by atoms with Crippen molar-refractivity contribution in [2.75, 3.05) is 6.54 Å².